The number of aromatic nitrogens is 1. The molecular weight excluding hydrogens is 268 g/mol. The van der Waals surface area contributed by atoms with E-state index in [1.54, 1.807) is 12.3 Å². The Labute approximate surface area is 103 Å². The molecule has 1 aromatic heterocycles. The molecule has 0 aliphatic heterocycles. The molecule has 0 bridgehead atoms. The molecule has 1 aromatic rings. The Hall–Kier alpha value is -0.920. The average Bonchev–Trinajstić information content (AvgIpc) is 2.79. The van der Waals surface area contributed by atoms with Crippen LogP contribution in [0.4, 0.5) is 0 Å². The van der Waals surface area contributed by atoms with Crippen LogP contribution in [0.2, 0.25) is 0 Å². The molecule has 0 aromatic carbocycles. The fraction of sp³-hybridized carbons (Fsp3) is 0.500. The van der Waals surface area contributed by atoms with Crippen LogP contribution in [0.5, 0.6) is 0 Å². The molecule has 1 atom stereocenters. The van der Waals surface area contributed by atoms with Crippen LogP contribution in [-0.2, 0) is 0 Å². The molecule has 1 fully saturated rings. The first kappa shape index (κ1) is 11.6. The Bertz CT molecular complexity index is 404. The first-order valence-corrected chi connectivity index (χ1v) is 6.18. The minimum Gasteiger partial charge on any atom is -0.385 e. The average molecular weight is 281 g/mol. The van der Waals surface area contributed by atoms with E-state index in [0.717, 1.165) is 30.2 Å². The highest BCUT2D eigenvalue weighted by Gasteiger charge is 2.42. The molecule has 0 spiro atoms. The summed E-state index contributed by atoms with van der Waals surface area (Å²) in [4.78, 5) is 4.17. The summed E-state index contributed by atoms with van der Waals surface area (Å²) in [7, 11) is 0. The molecule has 4 heteroatoms. The van der Waals surface area contributed by atoms with Crippen molar-refractivity contribution in [2.45, 2.75) is 31.8 Å². The number of hydrogen-bond acceptors (Lipinski definition) is 3. The second-order valence-electron chi connectivity index (χ2n) is 4.28. The van der Waals surface area contributed by atoms with Crippen molar-refractivity contribution in [2.24, 2.45) is 5.41 Å². The molecule has 1 aliphatic carbocycles. The van der Waals surface area contributed by atoms with Gasteiger partial charge in [0.25, 0.3) is 0 Å². The van der Waals surface area contributed by atoms with Gasteiger partial charge in [0.2, 0.25) is 0 Å². The molecule has 0 saturated heterocycles. The van der Waals surface area contributed by atoms with E-state index in [-0.39, 0.29) is 0 Å². The van der Waals surface area contributed by atoms with Crippen molar-refractivity contribution in [3.8, 4) is 6.07 Å². The van der Waals surface area contributed by atoms with E-state index in [4.69, 9.17) is 0 Å². The van der Waals surface area contributed by atoms with Crippen LogP contribution in [0.15, 0.2) is 22.8 Å². The fourth-order valence-corrected chi connectivity index (χ4v) is 2.52. The Balaban J connectivity index is 2.27. The van der Waals surface area contributed by atoms with Gasteiger partial charge in [0, 0.05) is 10.7 Å². The van der Waals surface area contributed by atoms with E-state index in [2.05, 4.69) is 27.0 Å². The van der Waals surface area contributed by atoms with Gasteiger partial charge in [-0.05, 0) is 40.9 Å². The monoisotopic (exact) mass is 280 g/mol. The van der Waals surface area contributed by atoms with Crippen molar-refractivity contribution in [3.63, 3.8) is 0 Å². The topological polar surface area (TPSA) is 56.9 Å². The van der Waals surface area contributed by atoms with Crippen molar-refractivity contribution in [1.82, 2.24) is 4.98 Å². The minimum absolute atomic E-state index is 0.589. The van der Waals surface area contributed by atoms with Crippen LogP contribution in [0.3, 0.4) is 0 Å². The zero-order chi connectivity index (χ0) is 11.6. The SMILES string of the molecule is N#CC1(C(O)c2ccc(Br)cn2)CCCC1. The summed E-state index contributed by atoms with van der Waals surface area (Å²) in [6.07, 6.45) is 4.44. The summed E-state index contributed by atoms with van der Waals surface area (Å²) < 4.78 is 0.876. The molecule has 84 valence electrons. The highest BCUT2D eigenvalue weighted by atomic mass is 79.9. The fourth-order valence-electron chi connectivity index (χ4n) is 2.28. The van der Waals surface area contributed by atoms with Gasteiger partial charge in [-0.25, -0.2) is 0 Å². The molecule has 1 heterocycles. The van der Waals surface area contributed by atoms with E-state index < -0.39 is 11.5 Å². The Morgan fingerprint density at radius 3 is 2.62 bits per heavy atom. The van der Waals surface area contributed by atoms with Crippen LogP contribution in [0, 0.1) is 16.7 Å². The third-order valence-electron chi connectivity index (χ3n) is 3.27. The first-order chi connectivity index (χ1) is 7.68. The van der Waals surface area contributed by atoms with Crippen molar-refractivity contribution < 1.29 is 5.11 Å². The maximum absolute atomic E-state index is 10.3. The Kier molecular flexibility index (Phi) is 3.27. The molecule has 0 radical (unpaired) electrons. The molecule has 1 N–H and O–H groups in total. The number of hydrogen-bond donors (Lipinski definition) is 1. The number of nitrogens with zero attached hydrogens (tertiary/aromatic N) is 2. The number of rotatable bonds is 2. The van der Waals surface area contributed by atoms with Gasteiger partial charge in [-0.2, -0.15) is 5.26 Å². The number of aliphatic hydroxyl groups excluding tert-OH is 1. The molecule has 3 nitrogen and oxygen atoms in total. The summed E-state index contributed by atoms with van der Waals surface area (Å²) in [5.41, 5.74) is -0.0347. The van der Waals surface area contributed by atoms with Crippen molar-refractivity contribution >= 4 is 15.9 Å². The molecule has 1 aliphatic rings. The van der Waals surface area contributed by atoms with Crippen LogP contribution < -0.4 is 0 Å². The van der Waals surface area contributed by atoms with Gasteiger partial charge in [-0.3, -0.25) is 4.98 Å². The van der Waals surface area contributed by atoms with E-state index in [1.165, 1.54) is 0 Å². The zero-order valence-electron chi connectivity index (χ0n) is 8.86. The largest absolute Gasteiger partial charge is 0.385 e. The van der Waals surface area contributed by atoms with E-state index in [0.29, 0.717) is 5.69 Å². The molecule has 1 saturated carbocycles. The van der Waals surface area contributed by atoms with Crippen molar-refractivity contribution in [2.75, 3.05) is 0 Å². The summed E-state index contributed by atoms with van der Waals surface area (Å²) in [5.74, 6) is 0. The van der Waals surface area contributed by atoms with Crippen molar-refractivity contribution in [3.05, 3.63) is 28.5 Å². The molecule has 1 unspecified atom stereocenters. The summed E-state index contributed by atoms with van der Waals surface area (Å²) in [6, 6.07) is 5.90. The Morgan fingerprint density at radius 2 is 2.12 bits per heavy atom. The van der Waals surface area contributed by atoms with Crippen molar-refractivity contribution in [1.29, 1.82) is 5.26 Å². The summed E-state index contributed by atoms with van der Waals surface area (Å²) >= 11 is 3.30. The maximum Gasteiger partial charge on any atom is 0.114 e. The predicted octanol–water partition coefficient (Wildman–Crippen LogP) is 2.96. The van der Waals surface area contributed by atoms with E-state index >= 15 is 0 Å². The lowest BCUT2D eigenvalue weighted by Crippen LogP contribution is -2.24. The summed E-state index contributed by atoms with van der Waals surface area (Å²) in [6.45, 7) is 0. The smallest absolute Gasteiger partial charge is 0.114 e. The van der Waals surface area contributed by atoms with Crippen LogP contribution in [-0.4, -0.2) is 10.1 Å². The summed E-state index contributed by atoms with van der Waals surface area (Å²) in [5, 5.41) is 19.5. The highest BCUT2D eigenvalue weighted by molar-refractivity contribution is 9.10. The van der Waals surface area contributed by atoms with Gasteiger partial charge in [0.05, 0.1) is 17.2 Å². The third kappa shape index (κ3) is 1.98. The molecule has 16 heavy (non-hydrogen) atoms. The van der Waals surface area contributed by atoms with E-state index in [1.807, 2.05) is 6.07 Å². The number of pyridine rings is 1. The predicted molar refractivity (Wildman–Crippen MR) is 63.4 cm³/mol. The van der Waals surface area contributed by atoms with E-state index in [9.17, 15) is 10.4 Å². The van der Waals surface area contributed by atoms with Gasteiger partial charge in [0.1, 0.15) is 6.10 Å². The maximum atomic E-state index is 10.3. The lowest BCUT2D eigenvalue weighted by molar-refractivity contribution is 0.0633. The second kappa shape index (κ2) is 4.52. The normalized spacial score (nSPS) is 20.3. The molecule has 0 amide bonds. The minimum atomic E-state index is -0.770. The Morgan fingerprint density at radius 1 is 1.44 bits per heavy atom. The van der Waals surface area contributed by atoms with Crippen LogP contribution >= 0.6 is 15.9 Å². The van der Waals surface area contributed by atoms with Gasteiger partial charge in [0.15, 0.2) is 0 Å². The van der Waals surface area contributed by atoms with Crippen LogP contribution in [0.25, 0.3) is 0 Å². The quantitative estimate of drug-likeness (QED) is 0.906. The lowest BCUT2D eigenvalue weighted by atomic mass is 9.80. The molecular formula is C12H13BrN2O. The zero-order valence-corrected chi connectivity index (χ0v) is 10.4. The molecule has 2 rings (SSSR count). The number of nitriles is 1. The standard InChI is InChI=1S/C12H13BrN2O/c13-9-3-4-10(15-7-9)11(16)12(8-14)5-1-2-6-12/h3-4,7,11,16H,1-2,5-6H2. The van der Waals surface area contributed by atoms with Gasteiger partial charge >= 0.3 is 0 Å². The van der Waals surface area contributed by atoms with Gasteiger partial charge in [-0.1, -0.05) is 12.8 Å². The lowest BCUT2D eigenvalue weighted by Gasteiger charge is -2.26. The number of halogens is 1. The number of aliphatic hydroxyl groups is 1. The third-order valence-corrected chi connectivity index (χ3v) is 3.74. The van der Waals surface area contributed by atoms with Gasteiger partial charge < -0.3 is 5.11 Å². The van der Waals surface area contributed by atoms with Gasteiger partial charge in [-0.15, -0.1) is 0 Å². The second-order valence-corrected chi connectivity index (χ2v) is 5.19. The van der Waals surface area contributed by atoms with Crippen LogP contribution in [0.1, 0.15) is 37.5 Å². The highest BCUT2D eigenvalue weighted by Crippen LogP contribution is 2.46. The first-order valence-electron chi connectivity index (χ1n) is 5.39.